The SMILES string of the molecule is CCNCc1ccc(CN2CCCC2C)nc1. The van der Waals surface area contributed by atoms with Crippen LogP contribution in [0.2, 0.25) is 0 Å². The second kappa shape index (κ2) is 6.12. The van der Waals surface area contributed by atoms with Gasteiger partial charge in [-0.2, -0.15) is 0 Å². The Morgan fingerprint density at radius 3 is 2.94 bits per heavy atom. The average Bonchev–Trinajstić information content (AvgIpc) is 2.74. The molecule has 0 bridgehead atoms. The molecule has 2 heterocycles. The first-order valence-corrected chi connectivity index (χ1v) is 6.68. The minimum atomic E-state index is 0.721. The Morgan fingerprint density at radius 1 is 1.47 bits per heavy atom. The first kappa shape index (κ1) is 12.5. The maximum atomic E-state index is 4.55. The lowest BCUT2D eigenvalue weighted by molar-refractivity contribution is 0.257. The fraction of sp³-hybridized carbons (Fsp3) is 0.643. The maximum absolute atomic E-state index is 4.55. The third-order valence-electron chi connectivity index (χ3n) is 3.52. The molecule has 1 unspecified atom stereocenters. The summed E-state index contributed by atoms with van der Waals surface area (Å²) in [7, 11) is 0. The largest absolute Gasteiger partial charge is 0.313 e. The number of pyridine rings is 1. The summed E-state index contributed by atoms with van der Waals surface area (Å²) in [5, 5.41) is 3.31. The molecular weight excluding hydrogens is 210 g/mol. The molecule has 1 atom stereocenters. The van der Waals surface area contributed by atoms with Crippen molar-refractivity contribution in [3.05, 3.63) is 29.6 Å². The topological polar surface area (TPSA) is 28.2 Å². The molecule has 1 aliphatic rings. The van der Waals surface area contributed by atoms with Crippen molar-refractivity contribution in [1.82, 2.24) is 15.2 Å². The van der Waals surface area contributed by atoms with Crippen molar-refractivity contribution < 1.29 is 0 Å². The third kappa shape index (κ3) is 3.51. The number of nitrogens with zero attached hydrogens (tertiary/aromatic N) is 2. The van der Waals surface area contributed by atoms with Gasteiger partial charge in [-0.3, -0.25) is 9.88 Å². The molecule has 1 N–H and O–H groups in total. The minimum Gasteiger partial charge on any atom is -0.313 e. The summed E-state index contributed by atoms with van der Waals surface area (Å²) in [6.07, 6.45) is 4.66. The number of nitrogens with one attached hydrogen (secondary N) is 1. The fourth-order valence-corrected chi connectivity index (χ4v) is 2.36. The van der Waals surface area contributed by atoms with Crippen LogP contribution in [0.3, 0.4) is 0 Å². The fourth-order valence-electron chi connectivity index (χ4n) is 2.36. The minimum absolute atomic E-state index is 0.721. The second-order valence-electron chi connectivity index (χ2n) is 4.90. The number of rotatable bonds is 5. The van der Waals surface area contributed by atoms with E-state index < -0.39 is 0 Å². The summed E-state index contributed by atoms with van der Waals surface area (Å²) in [5.41, 5.74) is 2.46. The number of aromatic nitrogens is 1. The van der Waals surface area contributed by atoms with Gasteiger partial charge in [-0.05, 0) is 44.5 Å². The highest BCUT2D eigenvalue weighted by atomic mass is 15.2. The van der Waals surface area contributed by atoms with Crippen molar-refractivity contribution in [3.63, 3.8) is 0 Å². The van der Waals surface area contributed by atoms with E-state index in [2.05, 4.69) is 41.2 Å². The molecule has 0 aromatic carbocycles. The first-order chi connectivity index (χ1) is 8.29. The lowest BCUT2D eigenvalue weighted by Crippen LogP contribution is -2.26. The van der Waals surface area contributed by atoms with Crippen LogP contribution in [0.1, 0.15) is 37.9 Å². The van der Waals surface area contributed by atoms with Crippen LogP contribution in [-0.2, 0) is 13.1 Å². The van der Waals surface area contributed by atoms with Crippen molar-refractivity contribution in [2.24, 2.45) is 0 Å². The van der Waals surface area contributed by atoms with Gasteiger partial charge in [0.15, 0.2) is 0 Å². The molecule has 1 aromatic heterocycles. The molecule has 0 amide bonds. The maximum Gasteiger partial charge on any atom is 0.0544 e. The molecule has 0 saturated carbocycles. The molecule has 1 saturated heterocycles. The van der Waals surface area contributed by atoms with Gasteiger partial charge >= 0.3 is 0 Å². The van der Waals surface area contributed by atoms with E-state index in [1.807, 2.05) is 6.20 Å². The normalized spacial score (nSPS) is 20.9. The van der Waals surface area contributed by atoms with E-state index >= 15 is 0 Å². The van der Waals surface area contributed by atoms with Gasteiger partial charge < -0.3 is 5.32 Å². The molecule has 0 spiro atoms. The van der Waals surface area contributed by atoms with Crippen LogP contribution < -0.4 is 5.32 Å². The molecule has 2 rings (SSSR count). The smallest absolute Gasteiger partial charge is 0.0544 e. The van der Waals surface area contributed by atoms with Crippen LogP contribution >= 0.6 is 0 Å². The number of hydrogen-bond acceptors (Lipinski definition) is 3. The molecule has 3 heteroatoms. The molecule has 17 heavy (non-hydrogen) atoms. The molecule has 1 aliphatic heterocycles. The monoisotopic (exact) mass is 233 g/mol. The predicted octanol–water partition coefficient (Wildman–Crippen LogP) is 2.18. The lowest BCUT2D eigenvalue weighted by Gasteiger charge is -2.20. The van der Waals surface area contributed by atoms with Gasteiger partial charge in [0.2, 0.25) is 0 Å². The molecule has 1 aromatic rings. The zero-order chi connectivity index (χ0) is 12.1. The van der Waals surface area contributed by atoms with Gasteiger partial charge in [0.1, 0.15) is 0 Å². The molecular formula is C14H23N3. The summed E-state index contributed by atoms with van der Waals surface area (Å²) in [4.78, 5) is 7.07. The molecule has 1 fully saturated rings. The van der Waals surface area contributed by atoms with E-state index in [-0.39, 0.29) is 0 Å². The van der Waals surface area contributed by atoms with Gasteiger partial charge in [-0.15, -0.1) is 0 Å². The van der Waals surface area contributed by atoms with Crippen molar-refractivity contribution in [1.29, 1.82) is 0 Å². The molecule has 94 valence electrons. The van der Waals surface area contributed by atoms with Crippen molar-refractivity contribution in [3.8, 4) is 0 Å². The van der Waals surface area contributed by atoms with Gasteiger partial charge in [0.05, 0.1) is 5.69 Å². The van der Waals surface area contributed by atoms with Crippen LogP contribution in [0.15, 0.2) is 18.3 Å². The van der Waals surface area contributed by atoms with Crippen LogP contribution in [0.4, 0.5) is 0 Å². The van der Waals surface area contributed by atoms with E-state index in [4.69, 9.17) is 0 Å². The Morgan fingerprint density at radius 2 is 2.35 bits per heavy atom. The molecule has 3 nitrogen and oxygen atoms in total. The quantitative estimate of drug-likeness (QED) is 0.845. The van der Waals surface area contributed by atoms with Crippen LogP contribution in [-0.4, -0.2) is 29.0 Å². The summed E-state index contributed by atoms with van der Waals surface area (Å²) < 4.78 is 0. The zero-order valence-electron chi connectivity index (χ0n) is 10.9. The Kier molecular flexibility index (Phi) is 4.51. The van der Waals surface area contributed by atoms with E-state index in [1.54, 1.807) is 0 Å². The third-order valence-corrected chi connectivity index (χ3v) is 3.52. The lowest BCUT2D eigenvalue weighted by atomic mass is 10.2. The Hall–Kier alpha value is -0.930. The van der Waals surface area contributed by atoms with Crippen molar-refractivity contribution >= 4 is 0 Å². The van der Waals surface area contributed by atoms with E-state index in [0.717, 1.165) is 25.7 Å². The Bertz CT molecular complexity index is 334. The highest BCUT2D eigenvalue weighted by molar-refractivity contribution is 5.14. The molecule has 0 aliphatic carbocycles. The average molecular weight is 233 g/mol. The summed E-state index contributed by atoms with van der Waals surface area (Å²) >= 11 is 0. The summed E-state index contributed by atoms with van der Waals surface area (Å²) in [6, 6.07) is 5.07. The van der Waals surface area contributed by atoms with Crippen LogP contribution in [0, 0.1) is 0 Å². The Labute approximate surface area is 104 Å². The van der Waals surface area contributed by atoms with Gasteiger partial charge in [-0.25, -0.2) is 0 Å². The van der Waals surface area contributed by atoms with Crippen LogP contribution in [0.25, 0.3) is 0 Å². The molecule has 0 radical (unpaired) electrons. The highest BCUT2D eigenvalue weighted by Gasteiger charge is 2.20. The first-order valence-electron chi connectivity index (χ1n) is 6.68. The van der Waals surface area contributed by atoms with Gasteiger partial charge in [0.25, 0.3) is 0 Å². The zero-order valence-corrected chi connectivity index (χ0v) is 10.9. The van der Waals surface area contributed by atoms with Crippen LogP contribution in [0.5, 0.6) is 0 Å². The summed E-state index contributed by atoms with van der Waals surface area (Å²) in [5.74, 6) is 0. The van der Waals surface area contributed by atoms with E-state index in [1.165, 1.54) is 30.6 Å². The summed E-state index contributed by atoms with van der Waals surface area (Å²) in [6.45, 7) is 8.59. The second-order valence-corrected chi connectivity index (χ2v) is 4.90. The Balaban J connectivity index is 1.89. The number of hydrogen-bond donors (Lipinski definition) is 1. The standard InChI is InChI=1S/C14H23N3/c1-3-15-9-13-6-7-14(16-10-13)11-17-8-4-5-12(17)2/h6-7,10,12,15H,3-5,8-9,11H2,1-2H3. The predicted molar refractivity (Wildman–Crippen MR) is 70.7 cm³/mol. The van der Waals surface area contributed by atoms with E-state index in [9.17, 15) is 0 Å². The van der Waals surface area contributed by atoms with Crippen molar-refractivity contribution in [2.75, 3.05) is 13.1 Å². The van der Waals surface area contributed by atoms with E-state index in [0.29, 0.717) is 0 Å². The van der Waals surface area contributed by atoms with Gasteiger partial charge in [-0.1, -0.05) is 13.0 Å². The van der Waals surface area contributed by atoms with Crippen molar-refractivity contribution in [2.45, 2.75) is 45.8 Å². The number of likely N-dealkylation sites (tertiary alicyclic amines) is 1. The van der Waals surface area contributed by atoms with Gasteiger partial charge in [0, 0.05) is 25.3 Å². The highest BCUT2D eigenvalue weighted by Crippen LogP contribution is 2.18.